The maximum atomic E-state index is 11.8. The lowest BCUT2D eigenvalue weighted by Crippen LogP contribution is -2.33. The van der Waals surface area contributed by atoms with Gasteiger partial charge in [-0.2, -0.15) is 0 Å². The summed E-state index contributed by atoms with van der Waals surface area (Å²) in [6.07, 6.45) is 3.22. The number of imidazole rings is 1. The van der Waals surface area contributed by atoms with Crippen LogP contribution in [0.25, 0.3) is 10.8 Å². The van der Waals surface area contributed by atoms with Crippen LogP contribution >= 0.6 is 0 Å². The number of aliphatic hydroxyl groups is 1. The van der Waals surface area contributed by atoms with Crippen LogP contribution in [-0.4, -0.2) is 27.8 Å². The fourth-order valence-electron chi connectivity index (χ4n) is 3.18. The van der Waals surface area contributed by atoms with Gasteiger partial charge in [0, 0.05) is 0 Å². The van der Waals surface area contributed by atoms with E-state index >= 15 is 0 Å². The fraction of sp³-hybridized carbons (Fsp3) is 0.391. The molecule has 1 atom stereocenters. The Bertz CT molecular complexity index is 990. The normalized spacial score (nSPS) is 14.0. The molecule has 0 amide bonds. The number of nitrogens with zero attached hydrogens (tertiary/aromatic N) is 1. The predicted molar refractivity (Wildman–Crippen MR) is 111 cm³/mol. The van der Waals surface area contributed by atoms with Crippen LogP contribution in [0.15, 0.2) is 48.9 Å². The number of ether oxygens (including phenoxy) is 2. The van der Waals surface area contributed by atoms with Crippen molar-refractivity contribution in [2.75, 3.05) is 6.79 Å². The highest BCUT2D eigenvalue weighted by molar-refractivity contribution is 5.85. The van der Waals surface area contributed by atoms with Gasteiger partial charge in [-0.15, -0.1) is 0 Å². The number of carbonyl (C=O) groups is 1. The van der Waals surface area contributed by atoms with Gasteiger partial charge in [-0.3, -0.25) is 4.79 Å². The van der Waals surface area contributed by atoms with E-state index in [1.165, 1.54) is 0 Å². The van der Waals surface area contributed by atoms with Gasteiger partial charge in [-0.25, -0.2) is 4.98 Å². The summed E-state index contributed by atoms with van der Waals surface area (Å²) >= 11 is 0. The molecule has 0 saturated carbocycles. The molecule has 2 aromatic carbocycles. The van der Waals surface area contributed by atoms with Crippen LogP contribution in [0.4, 0.5) is 0 Å². The van der Waals surface area contributed by atoms with Crippen LogP contribution in [0.3, 0.4) is 0 Å². The number of rotatable bonds is 6. The van der Waals surface area contributed by atoms with Crippen LogP contribution in [0.1, 0.15) is 45.9 Å². The summed E-state index contributed by atoms with van der Waals surface area (Å²) < 4.78 is 10.7. The van der Waals surface area contributed by atoms with Crippen LogP contribution in [-0.2, 0) is 15.1 Å². The summed E-state index contributed by atoms with van der Waals surface area (Å²) in [6, 6.07) is 11.5. The number of nitrogens with one attached hydrogen (secondary N) is 1. The third-order valence-corrected chi connectivity index (χ3v) is 5.02. The highest BCUT2D eigenvalue weighted by Gasteiger charge is 2.36. The average Bonchev–Trinajstić information content (AvgIpc) is 3.21. The minimum Gasteiger partial charge on any atom is -0.457 e. The van der Waals surface area contributed by atoms with Crippen molar-refractivity contribution in [3.05, 3.63) is 60.2 Å². The second-order valence-electron chi connectivity index (χ2n) is 8.55. The minimum atomic E-state index is -1.17. The Morgan fingerprint density at radius 2 is 1.83 bits per heavy atom. The quantitative estimate of drug-likeness (QED) is 0.477. The molecule has 29 heavy (non-hydrogen) atoms. The van der Waals surface area contributed by atoms with E-state index in [1.54, 1.807) is 33.3 Å². The van der Waals surface area contributed by atoms with Crippen LogP contribution in [0.2, 0.25) is 0 Å². The van der Waals surface area contributed by atoms with Gasteiger partial charge in [0.25, 0.3) is 0 Å². The van der Waals surface area contributed by atoms with E-state index in [1.807, 2.05) is 50.2 Å². The van der Waals surface area contributed by atoms with E-state index in [2.05, 4.69) is 9.97 Å². The van der Waals surface area contributed by atoms with Crippen molar-refractivity contribution >= 4 is 16.7 Å². The van der Waals surface area contributed by atoms with Crippen molar-refractivity contribution in [2.24, 2.45) is 11.3 Å². The molecule has 0 aliphatic carbocycles. The molecular formula is C23H28N2O4. The summed E-state index contributed by atoms with van der Waals surface area (Å²) in [4.78, 5) is 18.9. The first-order chi connectivity index (χ1) is 13.6. The largest absolute Gasteiger partial charge is 0.457 e. The Labute approximate surface area is 170 Å². The molecule has 1 unspecified atom stereocenters. The Hall–Kier alpha value is -2.86. The maximum Gasteiger partial charge on any atom is 0.314 e. The third-order valence-electron chi connectivity index (χ3n) is 5.02. The number of hydrogen-bond donors (Lipinski definition) is 2. The highest BCUT2D eigenvalue weighted by Crippen LogP contribution is 2.37. The molecule has 3 rings (SSSR count). The molecule has 0 aliphatic rings. The SMILES string of the molecule is CC(C)C(O)(c1ccc2cc(OCOC(=O)C(C)(C)C)ccc2c1)c1cnc[nH]1. The van der Waals surface area contributed by atoms with Crippen molar-refractivity contribution in [3.8, 4) is 5.75 Å². The maximum absolute atomic E-state index is 11.8. The Kier molecular flexibility index (Phi) is 5.66. The molecule has 1 heterocycles. The zero-order valence-corrected chi connectivity index (χ0v) is 17.5. The summed E-state index contributed by atoms with van der Waals surface area (Å²) in [5.74, 6) is 0.245. The summed E-state index contributed by atoms with van der Waals surface area (Å²) in [6.45, 7) is 9.20. The molecule has 0 radical (unpaired) electrons. The molecule has 0 fully saturated rings. The number of benzene rings is 2. The van der Waals surface area contributed by atoms with Gasteiger partial charge < -0.3 is 19.6 Å². The number of hydrogen-bond acceptors (Lipinski definition) is 5. The van der Waals surface area contributed by atoms with E-state index in [0.29, 0.717) is 11.4 Å². The molecule has 6 heteroatoms. The van der Waals surface area contributed by atoms with E-state index in [9.17, 15) is 9.90 Å². The molecular weight excluding hydrogens is 368 g/mol. The predicted octanol–water partition coefficient (Wildman–Crippen LogP) is 4.38. The van der Waals surface area contributed by atoms with Crippen molar-refractivity contribution < 1.29 is 19.4 Å². The van der Waals surface area contributed by atoms with Gasteiger partial charge in [0.2, 0.25) is 6.79 Å². The second kappa shape index (κ2) is 7.87. The monoisotopic (exact) mass is 396 g/mol. The van der Waals surface area contributed by atoms with Crippen molar-refractivity contribution in [2.45, 2.75) is 40.2 Å². The number of aromatic nitrogens is 2. The molecule has 0 bridgehead atoms. The minimum absolute atomic E-state index is 0.0551. The average molecular weight is 396 g/mol. The standard InChI is InChI=1S/C23H28N2O4/c1-15(2)23(27,20-12-24-13-25-20)18-8-6-17-11-19(9-7-16(17)10-18)28-14-29-21(26)22(3,4)5/h6-13,15,27H,14H2,1-5H3,(H,24,25). The molecule has 2 N–H and O–H groups in total. The number of carbonyl (C=O) groups excluding carboxylic acids is 1. The summed E-state index contributed by atoms with van der Waals surface area (Å²) in [5.41, 5.74) is -0.282. The Balaban J connectivity index is 1.81. The third kappa shape index (κ3) is 4.27. The number of esters is 1. The van der Waals surface area contributed by atoms with Gasteiger partial charge in [-0.1, -0.05) is 32.0 Å². The Morgan fingerprint density at radius 3 is 2.45 bits per heavy atom. The van der Waals surface area contributed by atoms with Gasteiger partial charge in [0.05, 0.1) is 23.6 Å². The lowest BCUT2D eigenvalue weighted by atomic mass is 9.80. The van der Waals surface area contributed by atoms with Gasteiger partial charge in [0.1, 0.15) is 11.4 Å². The van der Waals surface area contributed by atoms with Crippen LogP contribution in [0.5, 0.6) is 5.75 Å². The highest BCUT2D eigenvalue weighted by atomic mass is 16.7. The van der Waals surface area contributed by atoms with Crippen molar-refractivity contribution in [3.63, 3.8) is 0 Å². The van der Waals surface area contributed by atoms with Crippen molar-refractivity contribution in [1.82, 2.24) is 9.97 Å². The molecule has 0 spiro atoms. The molecule has 0 aliphatic heterocycles. The van der Waals surface area contributed by atoms with Crippen LogP contribution in [0, 0.1) is 11.3 Å². The van der Waals surface area contributed by atoms with Crippen molar-refractivity contribution in [1.29, 1.82) is 0 Å². The second-order valence-corrected chi connectivity index (χ2v) is 8.55. The first-order valence-corrected chi connectivity index (χ1v) is 9.68. The topological polar surface area (TPSA) is 84.4 Å². The molecule has 6 nitrogen and oxygen atoms in total. The van der Waals surface area contributed by atoms with Gasteiger partial charge in [0.15, 0.2) is 0 Å². The lowest BCUT2D eigenvalue weighted by molar-refractivity contribution is -0.159. The molecule has 3 aromatic rings. The zero-order chi connectivity index (χ0) is 21.2. The first kappa shape index (κ1) is 20.9. The van der Waals surface area contributed by atoms with E-state index in [-0.39, 0.29) is 18.7 Å². The number of H-pyrrole nitrogens is 1. The number of aromatic amines is 1. The lowest BCUT2D eigenvalue weighted by Gasteiger charge is -2.32. The fourth-order valence-corrected chi connectivity index (χ4v) is 3.18. The first-order valence-electron chi connectivity index (χ1n) is 9.68. The summed E-state index contributed by atoms with van der Waals surface area (Å²) in [5, 5.41) is 13.4. The summed E-state index contributed by atoms with van der Waals surface area (Å²) in [7, 11) is 0. The molecule has 1 aromatic heterocycles. The molecule has 0 saturated heterocycles. The molecule has 154 valence electrons. The van der Waals surface area contributed by atoms with E-state index < -0.39 is 11.0 Å². The van der Waals surface area contributed by atoms with E-state index in [0.717, 1.165) is 16.3 Å². The van der Waals surface area contributed by atoms with E-state index in [4.69, 9.17) is 9.47 Å². The van der Waals surface area contributed by atoms with Crippen LogP contribution < -0.4 is 4.74 Å². The Morgan fingerprint density at radius 1 is 1.14 bits per heavy atom. The number of fused-ring (bicyclic) bond motifs is 1. The van der Waals surface area contributed by atoms with Gasteiger partial charge in [-0.05, 0) is 61.2 Å². The van der Waals surface area contributed by atoms with Gasteiger partial charge >= 0.3 is 5.97 Å². The zero-order valence-electron chi connectivity index (χ0n) is 17.5. The smallest absolute Gasteiger partial charge is 0.314 e.